The van der Waals surface area contributed by atoms with E-state index in [2.05, 4.69) is 10.6 Å². The highest BCUT2D eigenvalue weighted by Gasteiger charge is 2.28. The number of hydrogen-bond acceptors (Lipinski definition) is 3. The number of nitrogens with one attached hydrogen (secondary N) is 2. The highest BCUT2D eigenvalue weighted by atomic mass is 16.2. The second kappa shape index (κ2) is 7.13. The molecule has 0 spiro atoms. The van der Waals surface area contributed by atoms with Crippen molar-refractivity contribution in [3.8, 4) is 0 Å². The first-order chi connectivity index (χ1) is 10.8. The zero-order chi connectivity index (χ0) is 17.0. The minimum Gasteiger partial charge on any atom is -0.352 e. The molecule has 5 heteroatoms. The van der Waals surface area contributed by atoms with Crippen molar-refractivity contribution in [3.05, 3.63) is 35.4 Å². The molecule has 1 unspecified atom stereocenters. The van der Waals surface area contributed by atoms with E-state index in [0.717, 1.165) is 5.56 Å². The molecule has 1 aliphatic rings. The van der Waals surface area contributed by atoms with E-state index in [9.17, 15) is 9.59 Å². The number of carbonyl (C=O) groups is 2. The SMILES string of the molecule is CC(C)(C)C(=O)NCc1ccc(C(=O)NCC(N)C2CC2)cc1. The topological polar surface area (TPSA) is 84.2 Å². The van der Waals surface area contributed by atoms with Crippen molar-refractivity contribution < 1.29 is 9.59 Å². The van der Waals surface area contributed by atoms with Gasteiger partial charge in [0.05, 0.1) is 0 Å². The fourth-order valence-electron chi connectivity index (χ4n) is 2.23. The van der Waals surface area contributed by atoms with Crippen molar-refractivity contribution in [1.29, 1.82) is 0 Å². The van der Waals surface area contributed by atoms with Crippen LogP contribution in [-0.4, -0.2) is 24.4 Å². The maximum atomic E-state index is 12.1. The number of amides is 2. The lowest BCUT2D eigenvalue weighted by Crippen LogP contribution is -2.38. The summed E-state index contributed by atoms with van der Waals surface area (Å²) in [6, 6.07) is 7.33. The van der Waals surface area contributed by atoms with E-state index in [1.807, 2.05) is 32.9 Å². The van der Waals surface area contributed by atoms with Crippen molar-refractivity contribution in [2.24, 2.45) is 17.1 Å². The summed E-state index contributed by atoms with van der Waals surface area (Å²) in [5.74, 6) is 0.476. The van der Waals surface area contributed by atoms with Crippen LogP contribution < -0.4 is 16.4 Å². The van der Waals surface area contributed by atoms with Gasteiger partial charge in [0, 0.05) is 30.1 Å². The molecule has 1 aliphatic carbocycles. The van der Waals surface area contributed by atoms with Crippen molar-refractivity contribution in [1.82, 2.24) is 10.6 Å². The van der Waals surface area contributed by atoms with E-state index >= 15 is 0 Å². The average molecular weight is 317 g/mol. The molecule has 0 aliphatic heterocycles. The van der Waals surface area contributed by atoms with Gasteiger partial charge in [0.1, 0.15) is 0 Å². The van der Waals surface area contributed by atoms with Crippen molar-refractivity contribution >= 4 is 11.8 Å². The first kappa shape index (κ1) is 17.5. The van der Waals surface area contributed by atoms with Crippen LogP contribution in [0.1, 0.15) is 49.5 Å². The highest BCUT2D eigenvalue weighted by Crippen LogP contribution is 2.31. The molecule has 1 aromatic carbocycles. The summed E-state index contributed by atoms with van der Waals surface area (Å²) in [7, 11) is 0. The fraction of sp³-hybridized carbons (Fsp3) is 0.556. The van der Waals surface area contributed by atoms with Crippen molar-refractivity contribution in [2.45, 2.75) is 46.2 Å². The van der Waals surface area contributed by atoms with E-state index in [1.54, 1.807) is 12.1 Å². The van der Waals surface area contributed by atoms with Crippen molar-refractivity contribution in [3.63, 3.8) is 0 Å². The predicted molar refractivity (Wildman–Crippen MR) is 90.8 cm³/mol. The summed E-state index contributed by atoms with van der Waals surface area (Å²) in [6.45, 7) is 6.61. The maximum absolute atomic E-state index is 12.1. The lowest BCUT2D eigenvalue weighted by molar-refractivity contribution is -0.128. The molecule has 4 N–H and O–H groups in total. The maximum Gasteiger partial charge on any atom is 0.251 e. The molecule has 2 amide bonds. The molecule has 0 radical (unpaired) electrons. The standard InChI is InChI=1S/C18H27N3O2/c1-18(2,3)17(23)21-10-12-4-6-14(7-5-12)16(22)20-11-15(19)13-8-9-13/h4-7,13,15H,8-11,19H2,1-3H3,(H,20,22)(H,21,23). The molecule has 0 heterocycles. The molecule has 1 atom stereocenters. The van der Waals surface area contributed by atoms with Gasteiger partial charge in [0.15, 0.2) is 0 Å². The second-order valence-electron chi connectivity index (χ2n) is 7.34. The van der Waals surface area contributed by atoms with Crippen LogP contribution in [0.3, 0.4) is 0 Å². The third-order valence-electron chi connectivity index (χ3n) is 4.08. The minimum atomic E-state index is -0.403. The molecule has 1 aromatic rings. The zero-order valence-corrected chi connectivity index (χ0v) is 14.2. The van der Waals surface area contributed by atoms with E-state index in [0.29, 0.717) is 24.6 Å². The van der Waals surface area contributed by atoms with Crippen molar-refractivity contribution in [2.75, 3.05) is 6.54 Å². The molecule has 2 rings (SSSR count). The van der Waals surface area contributed by atoms with Gasteiger partial charge < -0.3 is 16.4 Å². The Hall–Kier alpha value is -1.88. The van der Waals surface area contributed by atoms with Gasteiger partial charge in [-0.15, -0.1) is 0 Å². The van der Waals surface area contributed by atoms with Gasteiger partial charge in [-0.1, -0.05) is 32.9 Å². The molecular weight excluding hydrogens is 290 g/mol. The highest BCUT2D eigenvalue weighted by molar-refractivity contribution is 5.94. The predicted octanol–water partition coefficient (Wildman–Crippen LogP) is 1.82. The molecule has 0 bridgehead atoms. The average Bonchev–Trinajstić information content (AvgIpc) is 3.34. The molecule has 126 valence electrons. The van der Waals surface area contributed by atoms with Crippen LogP contribution in [-0.2, 0) is 11.3 Å². The number of carbonyl (C=O) groups excluding carboxylic acids is 2. The van der Waals surface area contributed by atoms with Crippen LogP contribution in [0.2, 0.25) is 0 Å². The van der Waals surface area contributed by atoms with Crippen LogP contribution in [0.15, 0.2) is 24.3 Å². The van der Waals surface area contributed by atoms with Crippen LogP contribution in [0.25, 0.3) is 0 Å². The van der Waals surface area contributed by atoms with Crippen LogP contribution in [0, 0.1) is 11.3 Å². The number of nitrogens with two attached hydrogens (primary N) is 1. The summed E-state index contributed by atoms with van der Waals surface area (Å²) in [4.78, 5) is 23.9. The first-order valence-corrected chi connectivity index (χ1v) is 8.18. The Morgan fingerprint density at radius 2 is 1.78 bits per heavy atom. The molecule has 5 nitrogen and oxygen atoms in total. The van der Waals surface area contributed by atoms with E-state index in [4.69, 9.17) is 5.73 Å². The molecule has 0 aromatic heterocycles. The summed E-state index contributed by atoms with van der Waals surface area (Å²) >= 11 is 0. The minimum absolute atomic E-state index is 0.00776. The largest absolute Gasteiger partial charge is 0.352 e. The van der Waals surface area contributed by atoms with Gasteiger partial charge in [-0.05, 0) is 36.5 Å². The van der Waals surface area contributed by atoms with Gasteiger partial charge in [0.25, 0.3) is 5.91 Å². The fourth-order valence-corrected chi connectivity index (χ4v) is 2.23. The van der Waals surface area contributed by atoms with Gasteiger partial charge in [-0.2, -0.15) is 0 Å². The van der Waals surface area contributed by atoms with E-state index < -0.39 is 5.41 Å². The Kier molecular flexibility index (Phi) is 5.42. The van der Waals surface area contributed by atoms with E-state index in [1.165, 1.54) is 12.8 Å². The first-order valence-electron chi connectivity index (χ1n) is 8.18. The van der Waals surface area contributed by atoms with E-state index in [-0.39, 0.29) is 17.9 Å². The zero-order valence-electron chi connectivity index (χ0n) is 14.2. The Morgan fingerprint density at radius 1 is 1.17 bits per heavy atom. The third kappa shape index (κ3) is 5.36. The second-order valence-corrected chi connectivity index (χ2v) is 7.34. The quantitative estimate of drug-likeness (QED) is 0.748. The van der Waals surface area contributed by atoms with Gasteiger partial charge >= 0.3 is 0 Å². The third-order valence-corrected chi connectivity index (χ3v) is 4.08. The van der Waals surface area contributed by atoms with Crippen LogP contribution >= 0.6 is 0 Å². The Bertz CT molecular complexity index is 557. The Balaban J connectivity index is 1.81. The van der Waals surface area contributed by atoms with Gasteiger partial charge in [0.2, 0.25) is 5.91 Å². The summed E-state index contributed by atoms with van der Waals surface area (Å²) in [6.07, 6.45) is 2.35. The molecule has 1 saturated carbocycles. The Labute approximate surface area is 138 Å². The number of hydrogen-bond donors (Lipinski definition) is 3. The smallest absolute Gasteiger partial charge is 0.251 e. The summed E-state index contributed by atoms with van der Waals surface area (Å²) in [5, 5.41) is 5.77. The van der Waals surface area contributed by atoms with Crippen LogP contribution in [0.4, 0.5) is 0 Å². The summed E-state index contributed by atoms with van der Waals surface area (Å²) < 4.78 is 0. The molecular formula is C18H27N3O2. The molecule has 0 saturated heterocycles. The number of rotatable bonds is 6. The summed E-state index contributed by atoms with van der Waals surface area (Å²) in [5.41, 5.74) is 7.15. The van der Waals surface area contributed by atoms with Gasteiger partial charge in [-0.3, -0.25) is 9.59 Å². The lowest BCUT2D eigenvalue weighted by atomic mass is 9.95. The normalized spacial score (nSPS) is 15.8. The lowest BCUT2D eigenvalue weighted by Gasteiger charge is -2.17. The van der Waals surface area contributed by atoms with Gasteiger partial charge in [-0.25, -0.2) is 0 Å². The van der Waals surface area contributed by atoms with Crippen LogP contribution in [0.5, 0.6) is 0 Å². The Morgan fingerprint density at radius 3 is 2.30 bits per heavy atom. The monoisotopic (exact) mass is 317 g/mol. The molecule has 23 heavy (non-hydrogen) atoms. The number of benzene rings is 1. The molecule has 1 fully saturated rings.